The molecular formula is C16H12F4N2O2. The van der Waals surface area contributed by atoms with Crippen molar-refractivity contribution >= 4 is 17.1 Å². The molecule has 1 heterocycles. The number of oxime groups is 1. The summed E-state index contributed by atoms with van der Waals surface area (Å²) in [5, 5.41) is 15.7. The van der Waals surface area contributed by atoms with E-state index in [1.807, 2.05) is 0 Å². The maximum Gasteiger partial charge on any atom is 0.458 e. The zero-order chi connectivity index (χ0) is 17.4. The monoisotopic (exact) mass is 340 g/mol. The average Bonchev–Trinajstić information content (AvgIpc) is 2.92. The number of aliphatic hydroxyl groups is 1. The Morgan fingerprint density at radius 2 is 1.79 bits per heavy atom. The van der Waals surface area contributed by atoms with Crippen LogP contribution in [0.2, 0.25) is 0 Å². The molecule has 2 N–H and O–H groups in total. The Morgan fingerprint density at radius 1 is 1.08 bits per heavy atom. The second kappa shape index (κ2) is 5.79. The number of rotatable bonds is 3. The van der Waals surface area contributed by atoms with E-state index < -0.39 is 18.4 Å². The Bertz CT molecular complexity index is 774. The van der Waals surface area contributed by atoms with Gasteiger partial charge in [0.25, 0.3) is 0 Å². The highest BCUT2D eigenvalue weighted by molar-refractivity contribution is 6.01. The molecule has 0 saturated carbocycles. The minimum atomic E-state index is -4.93. The molecule has 0 aliphatic carbocycles. The lowest BCUT2D eigenvalue weighted by atomic mass is 10.0. The highest BCUT2D eigenvalue weighted by Crippen LogP contribution is 2.39. The van der Waals surface area contributed by atoms with Crippen molar-refractivity contribution in [2.75, 3.05) is 5.32 Å². The lowest BCUT2D eigenvalue weighted by Crippen LogP contribution is -2.45. The molecule has 0 saturated heterocycles. The van der Waals surface area contributed by atoms with Gasteiger partial charge in [-0.15, -0.1) is 0 Å². The van der Waals surface area contributed by atoms with Crippen LogP contribution in [0.4, 0.5) is 28.9 Å². The van der Waals surface area contributed by atoms with Gasteiger partial charge in [0, 0.05) is 11.4 Å². The van der Waals surface area contributed by atoms with Crippen LogP contribution in [0, 0.1) is 5.82 Å². The third-order valence-corrected chi connectivity index (χ3v) is 3.49. The summed E-state index contributed by atoms with van der Waals surface area (Å²) < 4.78 is 51.2. The molecular weight excluding hydrogens is 328 g/mol. The molecule has 3 rings (SSSR count). The minimum absolute atomic E-state index is 0.00729. The summed E-state index contributed by atoms with van der Waals surface area (Å²) in [5.41, 5.74) is 1.54. The summed E-state index contributed by atoms with van der Waals surface area (Å²) in [7, 11) is 0. The van der Waals surface area contributed by atoms with Gasteiger partial charge in [0.15, 0.2) is 0 Å². The van der Waals surface area contributed by atoms with Crippen LogP contribution in [-0.2, 0) is 4.84 Å². The van der Waals surface area contributed by atoms with Gasteiger partial charge in [-0.2, -0.15) is 13.2 Å². The molecule has 0 radical (unpaired) electrons. The number of nitrogens with one attached hydrogen (secondary N) is 1. The first-order valence-corrected chi connectivity index (χ1v) is 6.94. The van der Waals surface area contributed by atoms with Crippen LogP contribution in [0.25, 0.3) is 0 Å². The quantitative estimate of drug-likeness (QED) is 0.832. The highest BCUT2D eigenvalue weighted by atomic mass is 19.4. The van der Waals surface area contributed by atoms with Crippen LogP contribution < -0.4 is 5.32 Å². The number of halogens is 4. The van der Waals surface area contributed by atoms with Gasteiger partial charge in [0.2, 0.25) is 0 Å². The number of alkyl halides is 3. The fourth-order valence-electron chi connectivity index (χ4n) is 2.21. The van der Waals surface area contributed by atoms with Crippen molar-refractivity contribution in [3.63, 3.8) is 0 Å². The Kier molecular flexibility index (Phi) is 3.92. The Morgan fingerprint density at radius 3 is 2.38 bits per heavy atom. The van der Waals surface area contributed by atoms with Crippen molar-refractivity contribution in [1.82, 2.24) is 0 Å². The van der Waals surface area contributed by atoms with E-state index in [1.165, 1.54) is 24.3 Å². The number of anilines is 2. The molecule has 8 heteroatoms. The molecule has 2 aromatic carbocycles. The molecule has 24 heavy (non-hydrogen) atoms. The van der Waals surface area contributed by atoms with Crippen LogP contribution in [0.1, 0.15) is 12.0 Å². The van der Waals surface area contributed by atoms with Gasteiger partial charge < -0.3 is 15.3 Å². The molecule has 0 spiro atoms. The van der Waals surface area contributed by atoms with E-state index in [-0.39, 0.29) is 11.5 Å². The van der Waals surface area contributed by atoms with E-state index in [0.717, 1.165) is 0 Å². The van der Waals surface area contributed by atoms with Crippen LogP contribution in [0.3, 0.4) is 0 Å². The van der Waals surface area contributed by atoms with E-state index in [1.54, 1.807) is 24.3 Å². The molecule has 1 aliphatic heterocycles. The van der Waals surface area contributed by atoms with Crippen LogP contribution in [0.15, 0.2) is 53.7 Å². The first-order valence-electron chi connectivity index (χ1n) is 6.94. The SMILES string of the molecule is OC1(C(F)(F)F)CC(c2ccc(Nc3cccc(F)c3)cc2)=NO1. The van der Waals surface area contributed by atoms with Gasteiger partial charge >= 0.3 is 12.0 Å². The van der Waals surface area contributed by atoms with Gasteiger partial charge in [0.05, 0.1) is 12.1 Å². The Hall–Kier alpha value is -2.61. The summed E-state index contributed by atoms with van der Waals surface area (Å²) in [6.07, 6.45) is -5.72. The van der Waals surface area contributed by atoms with Crippen LogP contribution in [0.5, 0.6) is 0 Å². The van der Waals surface area contributed by atoms with Crippen LogP contribution >= 0.6 is 0 Å². The Balaban J connectivity index is 1.72. The molecule has 0 fully saturated rings. The second-order valence-electron chi connectivity index (χ2n) is 5.30. The second-order valence-corrected chi connectivity index (χ2v) is 5.30. The molecule has 126 valence electrons. The minimum Gasteiger partial charge on any atom is -0.355 e. The zero-order valence-corrected chi connectivity index (χ0v) is 12.1. The molecule has 0 aromatic heterocycles. The number of nitrogens with zero attached hydrogens (tertiary/aromatic N) is 1. The average molecular weight is 340 g/mol. The van der Waals surface area contributed by atoms with Crippen molar-refractivity contribution in [3.8, 4) is 0 Å². The number of benzene rings is 2. The van der Waals surface area contributed by atoms with Crippen molar-refractivity contribution < 1.29 is 27.5 Å². The molecule has 1 aliphatic rings. The molecule has 1 unspecified atom stereocenters. The largest absolute Gasteiger partial charge is 0.458 e. The van der Waals surface area contributed by atoms with Crippen molar-refractivity contribution in [2.45, 2.75) is 18.4 Å². The molecule has 0 amide bonds. The normalized spacial score (nSPS) is 20.5. The maximum absolute atomic E-state index is 13.1. The first kappa shape index (κ1) is 16.3. The van der Waals surface area contributed by atoms with Crippen molar-refractivity contribution in [2.24, 2.45) is 5.16 Å². The standard InChI is InChI=1S/C16H12F4N2O2/c17-11-2-1-3-13(8-11)21-12-6-4-10(5-7-12)14-9-15(23,24-22-14)16(18,19)20/h1-8,21,23H,9H2. The summed E-state index contributed by atoms with van der Waals surface area (Å²) >= 11 is 0. The molecule has 1 atom stereocenters. The lowest BCUT2D eigenvalue weighted by Gasteiger charge is -2.22. The van der Waals surface area contributed by atoms with Gasteiger partial charge in [-0.25, -0.2) is 4.39 Å². The van der Waals surface area contributed by atoms with Crippen molar-refractivity contribution in [1.29, 1.82) is 0 Å². The lowest BCUT2D eigenvalue weighted by molar-refractivity contribution is -0.355. The van der Waals surface area contributed by atoms with E-state index >= 15 is 0 Å². The molecule has 2 aromatic rings. The highest BCUT2D eigenvalue weighted by Gasteiger charge is 2.60. The molecule has 4 nitrogen and oxygen atoms in total. The number of hydrogen-bond donors (Lipinski definition) is 2. The van der Waals surface area contributed by atoms with Crippen molar-refractivity contribution in [3.05, 3.63) is 59.9 Å². The third-order valence-electron chi connectivity index (χ3n) is 3.49. The molecule has 0 bridgehead atoms. The maximum atomic E-state index is 13.1. The van der Waals surface area contributed by atoms with E-state index in [2.05, 4.69) is 15.3 Å². The predicted molar refractivity (Wildman–Crippen MR) is 79.4 cm³/mol. The third kappa shape index (κ3) is 3.18. The fourth-order valence-corrected chi connectivity index (χ4v) is 2.21. The topological polar surface area (TPSA) is 53.8 Å². The summed E-state index contributed by atoms with van der Waals surface area (Å²) in [4.78, 5) is 4.17. The van der Waals surface area contributed by atoms with Gasteiger partial charge in [-0.1, -0.05) is 23.4 Å². The zero-order valence-electron chi connectivity index (χ0n) is 12.1. The van der Waals surface area contributed by atoms with Gasteiger partial charge in [-0.05, 0) is 35.9 Å². The van der Waals surface area contributed by atoms with E-state index in [4.69, 9.17) is 0 Å². The summed E-state index contributed by atoms with van der Waals surface area (Å²) in [6, 6.07) is 12.1. The Labute approximate surface area is 134 Å². The fraction of sp³-hybridized carbons (Fsp3) is 0.188. The van der Waals surface area contributed by atoms with Crippen LogP contribution in [-0.4, -0.2) is 22.8 Å². The van der Waals surface area contributed by atoms with Gasteiger partial charge in [-0.3, -0.25) is 0 Å². The van der Waals surface area contributed by atoms with E-state index in [0.29, 0.717) is 16.9 Å². The smallest absolute Gasteiger partial charge is 0.355 e. The summed E-state index contributed by atoms with van der Waals surface area (Å²) in [6.45, 7) is 0. The van der Waals surface area contributed by atoms with E-state index in [9.17, 15) is 22.7 Å². The number of hydrogen-bond acceptors (Lipinski definition) is 4. The summed E-state index contributed by atoms with van der Waals surface area (Å²) in [5.74, 6) is -3.68. The van der Waals surface area contributed by atoms with Gasteiger partial charge in [0.1, 0.15) is 5.82 Å². The predicted octanol–water partition coefficient (Wildman–Crippen LogP) is 3.94. The first-order chi connectivity index (χ1) is 11.3.